The summed E-state index contributed by atoms with van der Waals surface area (Å²) in [4.78, 5) is 4.08. The normalized spacial score (nSPS) is 26.7. The molecule has 1 saturated heterocycles. The molecule has 1 aliphatic rings. The lowest BCUT2D eigenvalue weighted by Gasteiger charge is -2.23. The van der Waals surface area contributed by atoms with Gasteiger partial charge in [-0.2, -0.15) is 11.8 Å². The number of thioether (sulfide) groups is 1. The monoisotopic (exact) mass is 210 g/mol. The van der Waals surface area contributed by atoms with Crippen LogP contribution >= 0.6 is 11.8 Å². The summed E-state index contributed by atoms with van der Waals surface area (Å²) >= 11 is 1.76. The zero-order valence-electron chi connectivity index (χ0n) is 8.16. The summed E-state index contributed by atoms with van der Waals surface area (Å²) in [5.74, 6) is 2.17. The minimum absolute atomic E-state index is 0.459. The van der Waals surface area contributed by atoms with Crippen LogP contribution in [0.3, 0.4) is 0 Å². The molecule has 2 heterocycles. The average Bonchev–Trinajstić information content (AvgIpc) is 2.58. The lowest BCUT2D eigenvalue weighted by Crippen LogP contribution is -2.26. The van der Waals surface area contributed by atoms with E-state index < -0.39 is 5.60 Å². The molecule has 0 amide bonds. The SMILES string of the molecule is Cc1cnc(N)c(C2(O)CCSC2)c1. The molecule has 4 heteroatoms. The molecule has 3 N–H and O–H groups in total. The van der Waals surface area contributed by atoms with Crippen LogP contribution in [0.4, 0.5) is 5.82 Å². The molecule has 3 nitrogen and oxygen atoms in total. The van der Waals surface area contributed by atoms with E-state index in [4.69, 9.17) is 5.73 Å². The number of rotatable bonds is 1. The lowest BCUT2D eigenvalue weighted by atomic mass is 9.93. The molecule has 1 fully saturated rings. The van der Waals surface area contributed by atoms with Crippen molar-refractivity contribution in [1.29, 1.82) is 0 Å². The van der Waals surface area contributed by atoms with Gasteiger partial charge in [0.15, 0.2) is 0 Å². The van der Waals surface area contributed by atoms with Gasteiger partial charge < -0.3 is 10.8 Å². The Bertz CT molecular complexity index is 348. The first-order chi connectivity index (χ1) is 6.62. The van der Waals surface area contributed by atoms with Gasteiger partial charge in [-0.3, -0.25) is 0 Å². The van der Waals surface area contributed by atoms with E-state index in [2.05, 4.69) is 4.98 Å². The predicted octanol–water partition coefficient (Wildman–Crippen LogP) is 1.30. The lowest BCUT2D eigenvalue weighted by molar-refractivity contribution is 0.0662. The highest BCUT2D eigenvalue weighted by atomic mass is 32.2. The van der Waals surface area contributed by atoms with Gasteiger partial charge in [0, 0.05) is 17.5 Å². The van der Waals surface area contributed by atoms with Crippen molar-refractivity contribution in [3.63, 3.8) is 0 Å². The molecule has 0 radical (unpaired) electrons. The number of hydrogen-bond donors (Lipinski definition) is 2. The predicted molar refractivity (Wildman–Crippen MR) is 59.2 cm³/mol. The van der Waals surface area contributed by atoms with Crippen molar-refractivity contribution in [2.75, 3.05) is 17.2 Å². The Balaban J connectivity index is 2.44. The maximum absolute atomic E-state index is 10.3. The highest BCUT2D eigenvalue weighted by Crippen LogP contribution is 2.38. The van der Waals surface area contributed by atoms with Crippen molar-refractivity contribution in [2.45, 2.75) is 18.9 Å². The van der Waals surface area contributed by atoms with E-state index in [1.54, 1.807) is 18.0 Å². The largest absolute Gasteiger partial charge is 0.384 e. The molecule has 1 atom stereocenters. The number of hydrogen-bond acceptors (Lipinski definition) is 4. The van der Waals surface area contributed by atoms with E-state index in [1.165, 1.54) is 0 Å². The molecule has 0 aliphatic carbocycles. The van der Waals surface area contributed by atoms with Crippen LogP contribution in [0.2, 0.25) is 0 Å². The molecule has 0 aromatic carbocycles. The fourth-order valence-electron chi connectivity index (χ4n) is 1.72. The summed E-state index contributed by atoms with van der Waals surface area (Å²) < 4.78 is 0. The summed E-state index contributed by atoms with van der Waals surface area (Å²) in [6.07, 6.45) is 2.50. The Kier molecular flexibility index (Phi) is 2.41. The van der Waals surface area contributed by atoms with Gasteiger partial charge in [-0.25, -0.2) is 4.98 Å². The molecule has 0 saturated carbocycles. The standard InChI is InChI=1S/C10H14N2OS/c1-7-4-8(9(11)12-5-7)10(13)2-3-14-6-10/h4-5,13H,2-3,6H2,1H3,(H2,11,12). The van der Waals surface area contributed by atoms with Crippen molar-refractivity contribution in [2.24, 2.45) is 0 Å². The van der Waals surface area contributed by atoms with E-state index in [-0.39, 0.29) is 0 Å². The number of nitrogen functional groups attached to an aromatic ring is 1. The van der Waals surface area contributed by atoms with Crippen LogP contribution in [0.25, 0.3) is 0 Å². The quantitative estimate of drug-likeness (QED) is 0.733. The van der Waals surface area contributed by atoms with E-state index in [0.29, 0.717) is 5.82 Å². The molecule has 0 bridgehead atoms. The summed E-state index contributed by atoms with van der Waals surface area (Å²) in [6, 6.07) is 1.94. The topological polar surface area (TPSA) is 59.1 Å². The van der Waals surface area contributed by atoms with E-state index in [1.807, 2.05) is 13.0 Å². The van der Waals surface area contributed by atoms with Crippen LogP contribution in [0.1, 0.15) is 17.5 Å². The fraction of sp³-hybridized carbons (Fsp3) is 0.500. The Hall–Kier alpha value is -0.740. The second-order valence-corrected chi connectivity index (χ2v) is 4.88. The first kappa shape index (κ1) is 9.80. The number of anilines is 1. The third kappa shape index (κ3) is 1.60. The highest BCUT2D eigenvalue weighted by molar-refractivity contribution is 7.99. The fourth-order valence-corrected chi connectivity index (χ4v) is 2.98. The number of aromatic nitrogens is 1. The Morgan fingerprint density at radius 2 is 2.43 bits per heavy atom. The minimum atomic E-state index is -0.756. The van der Waals surface area contributed by atoms with Crippen LogP contribution in [0, 0.1) is 6.92 Å². The average molecular weight is 210 g/mol. The number of nitrogens with zero attached hydrogens (tertiary/aromatic N) is 1. The summed E-state index contributed by atoms with van der Waals surface area (Å²) in [5.41, 5.74) is 6.85. The molecule has 2 rings (SSSR count). The van der Waals surface area contributed by atoms with Crippen molar-refractivity contribution >= 4 is 17.6 Å². The Morgan fingerprint density at radius 3 is 3.07 bits per heavy atom. The van der Waals surface area contributed by atoms with Crippen molar-refractivity contribution in [3.05, 3.63) is 23.4 Å². The summed E-state index contributed by atoms with van der Waals surface area (Å²) in [5, 5.41) is 10.3. The molecular weight excluding hydrogens is 196 g/mol. The summed E-state index contributed by atoms with van der Waals surface area (Å²) in [6.45, 7) is 1.96. The molecule has 76 valence electrons. The molecule has 14 heavy (non-hydrogen) atoms. The summed E-state index contributed by atoms with van der Waals surface area (Å²) in [7, 11) is 0. The van der Waals surface area contributed by atoms with Gasteiger partial charge in [0.05, 0.1) is 0 Å². The number of nitrogens with two attached hydrogens (primary N) is 1. The third-order valence-electron chi connectivity index (χ3n) is 2.56. The number of aliphatic hydroxyl groups is 1. The second kappa shape index (κ2) is 3.44. The highest BCUT2D eigenvalue weighted by Gasteiger charge is 2.35. The zero-order chi connectivity index (χ0) is 10.2. The second-order valence-electron chi connectivity index (χ2n) is 3.78. The van der Waals surface area contributed by atoms with E-state index in [0.717, 1.165) is 29.1 Å². The van der Waals surface area contributed by atoms with Crippen molar-refractivity contribution in [1.82, 2.24) is 4.98 Å². The van der Waals surface area contributed by atoms with Gasteiger partial charge >= 0.3 is 0 Å². The van der Waals surface area contributed by atoms with E-state index >= 15 is 0 Å². The maximum Gasteiger partial charge on any atom is 0.129 e. The molecule has 1 aliphatic heterocycles. The van der Waals surface area contributed by atoms with Crippen molar-refractivity contribution < 1.29 is 5.11 Å². The first-order valence-corrected chi connectivity index (χ1v) is 5.80. The maximum atomic E-state index is 10.3. The van der Waals surface area contributed by atoms with Gasteiger partial charge in [0.2, 0.25) is 0 Å². The molecule has 0 spiro atoms. The minimum Gasteiger partial charge on any atom is -0.384 e. The van der Waals surface area contributed by atoms with E-state index in [9.17, 15) is 5.11 Å². The van der Waals surface area contributed by atoms with Crippen LogP contribution in [0.15, 0.2) is 12.3 Å². The molecule has 1 aromatic heterocycles. The first-order valence-electron chi connectivity index (χ1n) is 4.64. The van der Waals surface area contributed by atoms with Crippen LogP contribution in [0.5, 0.6) is 0 Å². The number of aryl methyl sites for hydroxylation is 1. The van der Waals surface area contributed by atoms with Gasteiger partial charge in [-0.1, -0.05) is 0 Å². The molecular formula is C10H14N2OS. The van der Waals surface area contributed by atoms with Crippen LogP contribution < -0.4 is 5.73 Å². The zero-order valence-corrected chi connectivity index (χ0v) is 8.97. The van der Waals surface area contributed by atoms with Gasteiger partial charge in [-0.15, -0.1) is 0 Å². The van der Waals surface area contributed by atoms with Crippen molar-refractivity contribution in [3.8, 4) is 0 Å². The number of pyridine rings is 1. The van der Waals surface area contributed by atoms with Crippen LogP contribution in [-0.2, 0) is 5.60 Å². The third-order valence-corrected chi connectivity index (χ3v) is 3.73. The van der Waals surface area contributed by atoms with Gasteiger partial charge in [0.1, 0.15) is 11.4 Å². The van der Waals surface area contributed by atoms with Gasteiger partial charge in [0.25, 0.3) is 0 Å². The Morgan fingerprint density at radius 1 is 1.64 bits per heavy atom. The molecule has 1 unspecified atom stereocenters. The van der Waals surface area contributed by atoms with Crippen LogP contribution in [-0.4, -0.2) is 21.6 Å². The van der Waals surface area contributed by atoms with Gasteiger partial charge in [-0.05, 0) is 30.7 Å². The Labute approximate surface area is 87.7 Å². The molecule has 1 aromatic rings. The smallest absolute Gasteiger partial charge is 0.129 e.